The Bertz CT molecular complexity index is 1520. The van der Waals surface area contributed by atoms with Crippen LogP contribution in [0.15, 0.2) is 57.5 Å². The minimum absolute atomic E-state index is 0.0658. The highest BCUT2D eigenvalue weighted by Gasteiger charge is 2.34. The molecule has 3 aromatic rings. The van der Waals surface area contributed by atoms with Gasteiger partial charge in [0.05, 0.1) is 42.7 Å². The minimum atomic E-state index is -0.781. The number of nitrogens with zero attached hydrogens (tertiary/aromatic N) is 2. The van der Waals surface area contributed by atoms with Gasteiger partial charge in [-0.2, -0.15) is 0 Å². The van der Waals surface area contributed by atoms with Crippen LogP contribution in [-0.4, -0.2) is 36.5 Å². The van der Waals surface area contributed by atoms with Gasteiger partial charge in [-0.05, 0) is 78.4 Å². The molecule has 35 heavy (non-hydrogen) atoms. The van der Waals surface area contributed by atoms with Crippen molar-refractivity contribution in [1.82, 2.24) is 4.57 Å². The summed E-state index contributed by atoms with van der Waals surface area (Å²) < 4.78 is 18.9. The van der Waals surface area contributed by atoms with E-state index in [9.17, 15) is 14.7 Å². The molecule has 1 aliphatic rings. The number of carbonyl (C=O) groups excluding carboxylic acids is 1. The Morgan fingerprint density at radius 2 is 1.94 bits per heavy atom. The van der Waals surface area contributed by atoms with Gasteiger partial charge in [0.25, 0.3) is 5.56 Å². The van der Waals surface area contributed by atoms with Crippen LogP contribution in [-0.2, 0) is 9.53 Å². The van der Waals surface area contributed by atoms with E-state index in [1.165, 1.54) is 30.1 Å². The second kappa shape index (κ2) is 10.2. The highest BCUT2D eigenvalue weighted by atomic mass is 127. The zero-order valence-electron chi connectivity index (χ0n) is 19.5. The molecule has 1 aromatic heterocycles. The van der Waals surface area contributed by atoms with E-state index in [4.69, 9.17) is 14.2 Å². The van der Waals surface area contributed by atoms with Crippen molar-refractivity contribution in [2.75, 3.05) is 20.8 Å². The Morgan fingerprint density at radius 1 is 1.20 bits per heavy atom. The predicted molar refractivity (Wildman–Crippen MR) is 141 cm³/mol. The maximum absolute atomic E-state index is 13.7. The standard InChI is InChI=1S/C25H23IN2O6S/c1-5-34-24(31)21-13(2)27-25-28(22(21)14-6-9-18(32-3)19(11-14)33-4)23(30)20(35-25)12-15-10-16(26)7-8-17(15)29/h6-12,22,29H,5H2,1-4H3/b20-12-/t22-/m1/s1. The first-order chi connectivity index (χ1) is 16.8. The molecule has 0 bridgehead atoms. The van der Waals surface area contributed by atoms with Gasteiger partial charge in [-0.1, -0.05) is 17.4 Å². The summed E-state index contributed by atoms with van der Waals surface area (Å²) in [6.07, 6.45) is 1.64. The first kappa shape index (κ1) is 25.0. The highest BCUT2D eigenvalue weighted by molar-refractivity contribution is 14.1. The predicted octanol–water partition coefficient (Wildman–Crippen LogP) is 3.13. The van der Waals surface area contributed by atoms with Gasteiger partial charge >= 0.3 is 5.97 Å². The van der Waals surface area contributed by atoms with Crippen molar-refractivity contribution in [2.45, 2.75) is 19.9 Å². The topological polar surface area (TPSA) is 99.4 Å². The van der Waals surface area contributed by atoms with Crippen LogP contribution in [0, 0.1) is 3.57 Å². The normalized spacial score (nSPS) is 15.5. The van der Waals surface area contributed by atoms with Crippen LogP contribution in [0.5, 0.6) is 17.2 Å². The van der Waals surface area contributed by atoms with Gasteiger partial charge < -0.3 is 19.3 Å². The van der Waals surface area contributed by atoms with Gasteiger partial charge in [-0.15, -0.1) is 0 Å². The van der Waals surface area contributed by atoms with Crippen LogP contribution < -0.4 is 24.4 Å². The van der Waals surface area contributed by atoms with Gasteiger partial charge in [0.1, 0.15) is 5.75 Å². The number of hydrogen-bond acceptors (Lipinski definition) is 8. The van der Waals surface area contributed by atoms with Crippen LogP contribution >= 0.6 is 33.9 Å². The van der Waals surface area contributed by atoms with Crippen molar-refractivity contribution >= 4 is 46.0 Å². The third kappa shape index (κ3) is 4.72. The minimum Gasteiger partial charge on any atom is -0.507 e. The molecule has 2 aromatic carbocycles. The van der Waals surface area contributed by atoms with Crippen molar-refractivity contribution in [3.05, 3.63) is 82.1 Å². The first-order valence-corrected chi connectivity index (χ1v) is 12.6. The molecule has 8 nitrogen and oxygen atoms in total. The third-order valence-electron chi connectivity index (χ3n) is 5.52. The third-order valence-corrected chi connectivity index (χ3v) is 7.17. The summed E-state index contributed by atoms with van der Waals surface area (Å²) in [6.45, 7) is 3.63. The molecule has 0 spiro atoms. The number of fused-ring (bicyclic) bond motifs is 1. The Labute approximate surface area is 218 Å². The van der Waals surface area contributed by atoms with E-state index in [-0.39, 0.29) is 23.5 Å². The lowest BCUT2D eigenvalue weighted by atomic mass is 9.95. The van der Waals surface area contributed by atoms with E-state index in [1.807, 2.05) is 0 Å². The molecule has 1 aliphatic heterocycles. The fourth-order valence-corrected chi connectivity index (χ4v) is 5.46. The average Bonchev–Trinajstić information content (AvgIpc) is 3.14. The summed E-state index contributed by atoms with van der Waals surface area (Å²) in [4.78, 5) is 31.7. The van der Waals surface area contributed by atoms with Gasteiger partial charge in [-0.3, -0.25) is 9.36 Å². The molecule has 0 saturated heterocycles. The Morgan fingerprint density at radius 3 is 2.63 bits per heavy atom. The number of esters is 1. The summed E-state index contributed by atoms with van der Waals surface area (Å²) in [6, 6.07) is 9.62. The summed E-state index contributed by atoms with van der Waals surface area (Å²) in [5.74, 6) is 0.513. The van der Waals surface area contributed by atoms with E-state index < -0.39 is 12.0 Å². The number of benzene rings is 2. The van der Waals surface area contributed by atoms with Gasteiger partial charge in [-0.25, -0.2) is 9.79 Å². The smallest absolute Gasteiger partial charge is 0.338 e. The Hall–Kier alpha value is -3.12. The maximum Gasteiger partial charge on any atom is 0.338 e. The van der Waals surface area contributed by atoms with Gasteiger partial charge in [0, 0.05) is 9.13 Å². The molecule has 0 aliphatic carbocycles. The number of halogens is 1. The molecule has 4 rings (SSSR count). The summed E-state index contributed by atoms with van der Waals surface area (Å²) >= 11 is 3.33. The van der Waals surface area contributed by atoms with Gasteiger partial charge in [0.2, 0.25) is 0 Å². The van der Waals surface area contributed by atoms with Gasteiger partial charge in [0.15, 0.2) is 16.3 Å². The van der Waals surface area contributed by atoms with Crippen molar-refractivity contribution in [1.29, 1.82) is 0 Å². The van der Waals surface area contributed by atoms with Crippen LogP contribution in [0.25, 0.3) is 6.08 Å². The van der Waals surface area contributed by atoms with Crippen molar-refractivity contribution in [3.63, 3.8) is 0 Å². The average molecular weight is 606 g/mol. The number of methoxy groups -OCH3 is 2. The molecule has 1 atom stereocenters. The number of aromatic nitrogens is 1. The number of hydrogen-bond donors (Lipinski definition) is 1. The molecule has 10 heteroatoms. The van der Waals surface area contributed by atoms with Crippen molar-refractivity contribution in [2.24, 2.45) is 4.99 Å². The van der Waals surface area contributed by atoms with Crippen molar-refractivity contribution < 1.29 is 24.1 Å². The summed E-state index contributed by atoms with van der Waals surface area (Å²) in [5.41, 5.74) is 1.57. The van der Waals surface area contributed by atoms with E-state index in [0.717, 1.165) is 3.57 Å². The molecule has 0 fully saturated rings. The molecule has 0 radical (unpaired) electrons. The molecule has 182 valence electrons. The summed E-state index contributed by atoms with van der Waals surface area (Å²) in [5, 5.41) is 10.3. The zero-order valence-corrected chi connectivity index (χ0v) is 22.5. The fraction of sp³-hybridized carbons (Fsp3) is 0.240. The van der Waals surface area contributed by atoms with Crippen LogP contribution in [0.4, 0.5) is 0 Å². The molecular weight excluding hydrogens is 583 g/mol. The van der Waals surface area contributed by atoms with Crippen LogP contribution in [0.1, 0.15) is 31.0 Å². The number of allylic oxidation sites excluding steroid dienone is 1. The van der Waals surface area contributed by atoms with E-state index in [1.54, 1.807) is 56.3 Å². The Kier molecular flexibility index (Phi) is 7.31. The number of thiazole rings is 1. The second-order valence-electron chi connectivity index (χ2n) is 7.62. The lowest BCUT2D eigenvalue weighted by Gasteiger charge is -2.25. The van der Waals surface area contributed by atoms with E-state index in [0.29, 0.717) is 37.7 Å². The SMILES string of the molecule is CCOC(=O)C1=C(C)N=c2s/c(=C\c3cc(I)ccc3O)c(=O)n2[C@@H]1c1ccc(OC)c(OC)c1. The lowest BCUT2D eigenvalue weighted by molar-refractivity contribution is -0.139. The number of rotatable bonds is 6. The molecule has 0 unspecified atom stereocenters. The first-order valence-electron chi connectivity index (χ1n) is 10.7. The molecular formula is C25H23IN2O6S. The largest absolute Gasteiger partial charge is 0.507 e. The number of ether oxygens (including phenoxy) is 3. The molecule has 0 amide bonds. The zero-order chi connectivity index (χ0) is 25.3. The fourth-order valence-electron chi connectivity index (χ4n) is 3.91. The number of aromatic hydroxyl groups is 1. The van der Waals surface area contributed by atoms with E-state index >= 15 is 0 Å². The van der Waals surface area contributed by atoms with Crippen molar-refractivity contribution in [3.8, 4) is 17.2 Å². The molecule has 1 N–H and O–H groups in total. The lowest BCUT2D eigenvalue weighted by Crippen LogP contribution is -2.40. The number of carbonyl (C=O) groups is 1. The highest BCUT2D eigenvalue weighted by Crippen LogP contribution is 2.36. The number of phenolic OH excluding ortho intramolecular Hbond substituents is 1. The molecule has 2 heterocycles. The van der Waals surface area contributed by atoms with E-state index in [2.05, 4.69) is 27.6 Å². The monoisotopic (exact) mass is 606 g/mol. The van der Waals surface area contributed by atoms with Crippen LogP contribution in [0.3, 0.4) is 0 Å². The molecule has 0 saturated carbocycles. The van der Waals surface area contributed by atoms with Crippen LogP contribution in [0.2, 0.25) is 0 Å². The summed E-state index contributed by atoms with van der Waals surface area (Å²) in [7, 11) is 3.06. The maximum atomic E-state index is 13.7. The Balaban J connectivity index is 1.99. The quantitative estimate of drug-likeness (QED) is 0.342. The number of phenols is 1. The second-order valence-corrected chi connectivity index (χ2v) is 9.87.